The zero-order chi connectivity index (χ0) is 15.3. The second kappa shape index (κ2) is 6.94. The molecule has 4 heteroatoms. The van der Waals surface area contributed by atoms with Crippen molar-refractivity contribution in [3.63, 3.8) is 0 Å². The molecule has 1 aromatic rings. The Hall–Kier alpha value is -1.55. The third-order valence-electron chi connectivity index (χ3n) is 4.58. The molecule has 0 radical (unpaired) electrons. The quantitative estimate of drug-likeness (QED) is 0.815. The molecule has 0 bridgehead atoms. The van der Waals surface area contributed by atoms with Crippen LogP contribution in [0.4, 0.5) is 0 Å². The van der Waals surface area contributed by atoms with E-state index in [1.807, 2.05) is 18.2 Å². The number of hydrogen-bond donors (Lipinski definition) is 2. The molecule has 1 saturated carbocycles. The summed E-state index contributed by atoms with van der Waals surface area (Å²) in [5.41, 5.74) is -0.0712. The van der Waals surface area contributed by atoms with Gasteiger partial charge in [0.25, 0.3) is 0 Å². The van der Waals surface area contributed by atoms with E-state index in [2.05, 4.69) is 0 Å². The zero-order valence-electron chi connectivity index (χ0n) is 12.5. The molecular weight excluding hydrogens is 268 g/mol. The number of carbonyl (C=O) groups is 1. The van der Waals surface area contributed by atoms with Crippen molar-refractivity contribution in [1.82, 2.24) is 0 Å². The van der Waals surface area contributed by atoms with E-state index in [4.69, 9.17) is 4.74 Å². The number of rotatable bonds is 5. The van der Waals surface area contributed by atoms with Crippen molar-refractivity contribution in [1.29, 1.82) is 0 Å². The number of aliphatic hydroxyl groups excluding tert-OH is 1. The van der Waals surface area contributed by atoms with Gasteiger partial charge in [0.1, 0.15) is 5.75 Å². The molecule has 1 atom stereocenters. The molecule has 116 valence electrons. The first-order valence-corrected chi connectivity index (χ1v) is 7.63. The summed E-state index contributed by atoms with van der Waals surface area (Å²) in [5.74, 6) is -0.0943. The maximum atomic E-state index is 11.8. The van der Waals surface area contributed by atoms with Gasteiger partial charge in [-0.1, -0.05) is 37.8 Å². The lowest BCUT2D eigenvalue weighted by atomic mass is 9.75. The molecule has 0 aliphatic heterocycles. The number of ether oxygens (including phenoxy) is 1. The molecule has 0 aromatic heterocycles. The second-order valence-electron chi connectivity index (χ2n) is 6.00. The molecular formula is C17H24O4. The first-order valence-electron chi connectivity index (χ1n) is 7.63. The standard InChI is InChI=1S/C17H24O4/c1-21-14-8-6-7-13(11-14)15(18)12-17(16(19)20)9-4-2-3-5-10-17/h6-8,11,15,18H,2-5,9-10,12H2,1H3,(H,19,20). The Morgan fingerprint density at radius 2 is 1.95 bits per heavy atom. The van der Waals surface area contributed by atoms with Crippen LogP contribution in [0.25, 0.3) is 0 Å². The normalized spacial score (nSPS) is 19.5. The van der Waals surface area contributed by atoms with E-state index in [1.165, 1.54) is 0 Å². The molecule has 4 nitrogen and oxygen atoms in total. The Bertz CT molecular complexity index is 475. The molecule has 1 aliphatic carbocycles. The monoisotopic (exact) mass is 292 g/mol. The smallest absolute Gasteiger partial charge is 0.309 e. The number of carboxylic acid groups (broad SMARTS) is 1. The number of aliphatic carboxylic acids is 1. The van der Waals surface area contributed by atoms with Crippen molar-refractivity contribution in [3.8, 4) is 5.75 Å². The van der Waals surface area contributed by atoms with Gasteiger partial charge in [-0.05, 0) is 37.0 Å². The van der Waals surface area contributed by atoms with Crippen molar-refractivity contribution in [2.24, 2.45) is 5.41 Å². The van der Waals surface area contributed by atoms with E-state index in [1.54, 1.807) is 13.2 Å². The van der Waals surface area contributed by atoms with E-state index in [0.29, 0.717) is 18.6 Å². The van der Waals surface area contributed by atoms with Crippen molar-refractivity contribution in [2.45, 2.75) is 51.0 Å². The van der Waals surface area contributed by atoms with Gasteiger partial charge in [0.2, 0.25) is 0 Å². The molecule has 0 amide bonds. The van der Waals surface area contributed by atoms with E-state index in [9.17, 15) is 15.0 Å². The predicted octanol–water partition coefficient (Wildman–Crippen LogP) is 3.54. The minimum atomic E-state index is -0.793. The Morgan fingerprint density at radius 1 is 1.29 bits per heavy atom. The Morgan fingerprint density at radius 3 is 2.52 bits per heavy atom. The molecule has 0 saturated heterocycles. The predicted molar refractivity (Wildman–Crippen MR) is 80.3 cm³/mol. The Balaban J connectivity index is 2.17. The van der Waals surface area contributed by atoms with E-state index in [0.717, 1.165) is 31.2 Å². The van der Waals surface area contributed by atoms with Gasteiger partial charge >= 0.3 is 5.97 Å². The zero-order valence-corrected chi connectivity index (χ0v) is 12.5. The number of benzene rings is 1. The second-order valence-corrected chi connectivity index (χ2v) is 6.00. The minimum Gasteiger partial charge on any atom is -0.497 e. The van der Waals surface area contributed by atoms with Gasteiger partial charge in [-0.15, -0.1) is 0 Å². The van der Waals surface area contributed by atoms with Crippen molar-refractivity contribution in [2.75, 3.05) is 7.11 Å². The topological polar surface area (TPSA) is 66.8 Å². The molecule has 1 unspecified atom stereocenters. The van der Waals surface area contributed by atoms with Crippen molar-refractivity contribution < 1.29 is 19.7 Å². The Kier molecular flexibility index (Phi) is 5.23. The van der Waals surface area contributed by atoms with Crippen LogP contribution in [0.15, 0.2) is 24.3 Å². The van der Waals surface area contributed by atoms with Gasteiger partial charge in [0, 0.05) is 0 Å². The summed E-state index contributed by atoms with van der Waals surface area (Å²) in [6, 6.07) is 7.23. The van der Waals surface area contributed by atoms with Crippen LogP contribution in [-0.4, -0.2) is 23.3 Å². The molecule has 2 rings (SSSR count). The molecule has 21 heavy (non-hydrogen) atoms. The fraction of sp³-hybridized carbons (Fsp3) is 0.588. The van der Waals surface area contributed by atoms with Crippen molar-refractivity contribution >= 4 is 5.97 Å². The average Bonchev–Trinajstić information content (AvgIpc) is 2.74. The minimum absolute atomic E-state index is 0.273. The fourth-order valence-electron chi connectivity index (χ4n) is 3.25. The van der Waals surface area contributed by atoms with Gasteiger partial charge in [0.05, 0.1) is 18.6 Å². The first-order chi connectivity index (χ1) is 10.1. The van der Waals surface area contributed by atoms with Crippen LogP contribution in [0, 0.1) is 5.41 Å². The summed E-state index contributed by atoms with van der Waals surface area (Å²) in [7, 11) is 1.58. The molecule has 1 aliphatic rings. The van der Waals surface area contributed by atoms with Gasteiger partial charge in [-0.2, -0.15) is 0 Å². The van der Waals surface area contributed by atoms with E-state index < -0.39 is 17.5 Å². The van der Waals surface area contributed by atoms with Crippen molar-refractivity contribution in [3.05, 3.63) is 29.8 Å². The lowest BCUT2D eigenvalue weighted by molar-refractivity contribution is -0.152. The number of aliphatic hydroxyl groups is 1. The number of hydrogen-bond acceptors (Lipinski definition) is 3. The number of methoxy groups -OCH3 is 1. The highest BCUT2D eigenvalue weighted by Gasteiger charge is 2.40. The van der Waals surface area contributed by atoms with Gasteiger partial charge in [-0.25, -0.2) is 0 Å². The summed E-state index contributed by atoms with van der Waals surface area (Å²) in [6.45, 7) is 0. The molecule has 1 aromatic carbocycles. The van der Waals surface area contributed by atoms with E-state index in [-0.39, 0.29) is 6.42 Å². The largest absolute Gasteiger partial charge is 0.497 e. The van der Waals surface area contributed by atoms with Crippen LogP contribution >= 0.6 is 0 Å². The summed E-state index contributed by atoms with van der Waals surface area (Å²) >= 11 is 0. The lowest BCUT2D eigenvalue weighted by Crippen LogP contribution is -2.32. The van der Waals surface area contributed by atoms with Gasteiger partial charge in [-0.3, -0.25) is 4.79 Å². The fourth-order valence-corrected chi connectivity index (χ4v) is 3.25. The highest BCUT2D eigenvalue weighted by Crippen LogP contribution is 2.42. The summed E-state index contributed by atoms with van der Waals surface area (Å²) < 4.78 is 5.16. The van der Waals surface area contributed by atoms with Gasteiger partial charge < -0.3 is 14.9 Å². The lowest BCUT2D eigenvalue weighted by Gasteiger charge is -2.30. The highest BCUT2D eigenvalue weighted by atomic mass is 16.5. The maximum Gasteiger partial charge on any atom is 0.309 e. The van der Waals surface area contributed by atoms with Crippen LogP contribution in [0.2, 0.25) is 0 Å². The van der Waals surface area contributed by atoms with Crippen LogP contribution in [0.5, 0.6) is 5.75 Å². The van der Waals surface area contributed by atoms with Crippen LogP contribution in [0.1, 0.15) is 56.6 Å². The van der Waals surface area contributed by atoms with E-state index >= 15 is 0 Å². The van der Waals surface area contributed by atoms with Crippen LogP contribution in [-0.2, 0) is 4.79 Å². The highest BCUT2D eigenvalue weighted by molar-refractivity contribution is 5.74. The summed E-state index contributed by atoms with van der Waals surface area (Å²) in [4.78, 5) is 11.8. The summed E-state index contributed by atoms with van der Waals surface area (Å²) in [6.07, 6.45) is 4.85. The maximum absolute atomic E-state index is 11.8. The first kappa shape index (κ1) is 15.8. The third-order valence-corrected chi connectivity index (χ3v) is 4.58. The molecule has 1 fully saturated rings. The molecule has 0 spiro atoms. The molecule has 2 N–H and O–H groups in total. The van der Waals surface area contributed by atoms with Gasteiger partial charge in [0.15, 0.2) is 0 Å². The average molecular weight is 292 g/mol. The van der Waals surface area contributed by atoms with Crippen LogP contribution in [0.3, 0.4) is 0 Å². The summed E-state index contributed by atoms with van der Waals surface area (Å²) in [5, 5.41) is 20.2. The molecule has 0 heterocycles. The number of carboxylic acids is 1. The Labute approximate surface area is 125 Å². The van der Waals surface area contributed by atoms with Crippen LogP contribution < -0.4 is 4.74 Å². The third kappa shape index (κ3) is 3.76. The SMILES string of the molecule is COc1cccc(C(O)CC2(C(=O)O)CCCCCC2)c1.